The number of hydrogen-bond donors (Lipinski definition) is 2. The number of piperidine rings is 1. The van der Waals surface area contributed by atoms with Crippen LogP contribution in [0.15, 0.2) is 10.9 Å². The Bertz CT molecular complexity index is 504. The van der Waals surface area contributed by atoms with Gasteiger partial charge in [-0.15, -0.1) is 11.3 Å². The zero-order valence-corrected chi connectivity index (χ0v) is 14.7. The van der Waals surface area contributed by atoms with Gasteiger partial charge in [0.15, 0.2) is 0 Å². The quantitative estimate of drug-likeness (QED) is 0.832. The Kier molecular flexibility index (Phi) is 6.83. The molecular weight excluding hydrogens is 312 g/mol. The topological polar surface area (TPSA) is 74.3 Å². The molecule has 1 aromatic heterocycles. The van der Waals surface area contributed by atoms with Gasteiger partial charge in [-0.25, -0.2) is 9.78 Å². The minimum absolute atomic E-state index is 0.0431. The molecule has 0 unspecified atom stereocenters. The van der Waals surface area contributed by atoms with Crippen molar-refractivity contribution < 1.29 is 9.59 Å². The first-order valence-electron chi connectivity index (χ1n) is 8.23. The predicted octanol–water partition coefficient (Wildman–Crippen LogP) is 1.88. The van der Waals surface area contributed by atoms with E-state index in [2.05, 4.69) is 29.5 Å². The first kappa shape index (κ1) is 17.7. The number of thiazole rings is 1. The Morgan fingerprint density at radius 2 is 2.26 bits per heavy atom. The molecule has 0 saturated carbocycles. The maximum atomic E-state index is 12.3. The zero-order valence-electron chi connectivity index (χ0n) is 13.9. The molecule has 0 radical (unpaired) electrons. The number of rotatable bonds is 6. The summed E-state index contributed by atoms with van der Waals surface area (Å²) in [7, 11) is 0. The minimum atomic E-state index is -0.107. The van der Waals surface area contributed by atoms with Crippen molar-refractivity contribution in [3.63, 3.8) is 0 Å². The summed E-state index contributed by atoms with van der Waals surface area (Å²) in [6.07, 6.45) is 2.47. The largest absolute Gasteiger partial charge is 0.355 e. The molecule has 0 bridgehead atoms. The Balaban J connectivity index is 1.73. The number of nitrogens with zero attached hydrogens (tertiary/aromatic N) is 2. The molecular formula is C16H26N4O2S. The highest BCUT2D eigenvalue weighted by Crippen LogP contribution is 2.16. The molecule has 1 aliphatic heterocycles. The van der Waals surface area contributed by atoms with E-state index in [0.717, 1.165) is 31.5 Å². The van der Waals surface area contributed by atoms with Crippen LogP contribution in [0.3, 0.4) is 0 Å². The highest BCUT2D eigenvalue weighted by molar-refractivity contribution is 7.07. The summed E-state index contributed by atoms with van der Waals surface area (Å²) < 4.78 is 0. The summed E-state index contributed by atoms with van der Waals surface area (Å²) >= 11 is 1.56. The van der Waals surface area contributed by atoms with E-state index >= 15 is 0 Å². The molecule has 3 amide bonds. The highest BCUT2D eigenvalue weighted by atomic mass is 32.1. The number of carbonyl (C=O) groups excluding carboxylic acids is 2. The number of aromatic nitrogens is 1. The molecule has 1 atom stereocenters. The monoisotopic (exact) mass is 338 g/mol. The van der Waals surface area contributed by atoms with Gasteiger partial charge in [-0.05, 0) is 18.8 Å². The van der Waals surface area contributed by atoms with E-state index in [9.17, 15) is 9.59 Å². The number of nitrogens with one attached hydrogen (secondary N) is 2. The lowest BCUT2D eigenvalue weighted by Gasteiger charge is -2.32. The number of carbonyl (C=O) groups is 2. The second kappa shape index (κ2) is 8.86. The highest BCUT2D eigenvalue weighted by Gasteiger charge is 2.28. The van der Waals surface area contributed by atoms with Crippen LogP contribution >= 0.6 is 11.3 Å². The van der Waals surface area contributed by atoms with E-state index < -0.39 is 0 Å². The molecule has 0 spiro atoms. The third-order valence-corrected chi connectivity index (χ3v) is 4.54. The van der Waals surface area contributed by atoms with Crippen LogP contribution in [0.2, 0.25) is 0 Å². The van der Waals surface area contributed by atoms with Crippen LogP contribution < -0.4 is 10.6 Å². The van der Waals surface area contributed by atoms with Crippen LogP contribution in [0.5, 0.6) is 0 Å². The van der Waals surface area contributed by atoms with Crippen LogP contribution in [-0.4, -0.2) is 48.0 Å². The molecule has 7 heteroatoms. The number of hydrogen-bond acceptors (Lipinski definition) is 4. The van der Waals surface area contributed by atoms with E-state index in [-0.39, 0.29) is 17.9 Å². The van der Waals surface area contributed by atoms with Crippen molar-refractivity contribution >= 4 is 23.3 Å². The lowest BCUT2D eigenvalue weighted by molar-refractivity contribution is -0.126. The molecule has 1 aromatic rings. The first-order chi connectivity index (χ1) is 11.1. The Labute approximate surface area is 141 Å². The predicted molar refractivity (Wildman–Crippen MR) is 91.4 cm³/mol. The lowest BCUT2D eigenvalue weighted by Crippen LogP contribution is -2.49. The maximum absolute atomic E-state index is 12.3. The molecule has 1 fully saturated rings. The van der Waals surface area contributed by atoms with Gasteiger partial charge in [0, 0.05) is 38.0 Å². The summed E-state index contributed by atoms with van der Waals surface area (Å²) in [6, 6.07) is -0.0568. The fourth-order valence-electron chi connectivity index (χ4n) is 2.60. The summed E-state index contributed by atoms with van der Waals surface area (Å²) in [6.45, 7) is 6.63. The fraction of sp³-hybridized carbons (Fsp3) is 0.688. The average molecular weight is 338 g/mol. The fourth-order valence-corrected chi connectivity index (χ4v) is 3.19. The van der Waals surface area contributed by atoms with Gasteiger partial charge in [0.25, 0.3) is 0 Å². The third kappa shape index (κ3) is 5.82. The summed E-state index contributed by atoms with van der Waals surface area (Å²) in [5.74, 6) is 0.360. The van der Waals surface area contributed by atoms with Crippen molar-refractivity contribution in [3.05, 3.63) is 16.6 Å². The van der Waals surface area contributed by atoms with Gasteiger partial charge in [0.05, 0.1) is 17.1 Å². The van der Waals surface area contributed by atoms with Crippen LogP contribution in [-0.2, 0) is 11.2 Å². The van der Waals surface area contributed by atoms with Gasteiger partial charge >= 0.3 is 6.03 Å². The van der Waals surface area contributed by atoms with E-state index in [1.165, 1.54) is 0 Å². The van der Waals surface area contributed by atoms with Gasteiger partial charge in [0.1, 0.15) is 0 Å². The number of likely N-dealkylation sites (tertiary alicyclic amines) is 1. The second-order valence-corrected chi connectivity index (χ2v) is 7.10. The summed E-state index contributed by atoms with van der Waals surface area (Å²) in [5, 5.41) is 7.88. The van der Waals surface area contributed by atoms with Crippen LogP contribution in [0, 0.1) is 11.8 Å². The molecule has 0 aliphatic carbocycles. The standard InChI is InChI=1S/C16H26N4O2S/c1-12(2)8-18-16(22)20-7-3-4-13(9-20)15(21)17-6-5-14-10-23-11-19-14/h10-13H,3-9H2,1-2H3,(H,17,21)(H,18,22)/t13-/m1/s1. The van der Waals surface area contributed by atoms with Crippen molar-refractivity contribution in [2.24, 2.45) is 11.8 Å². The van der Waals surface area contributed by atoms with Crippen molar-refractivity contribution in [1.29, 1.82) is 0 Å². The Morgan fingerprint density at radius 1 is 1.43 bits per heavy atom. The molecule has 6 nitrogen and oxygen atoms in total. The summed E-state index contributed by atoms with van der Waals surface area (Å²) in [4.78, 5) is 30.4. The Hall–Kier alpha value is -1.63. The van der Waals surface area contributed by atoms with E-state index in [1.807, 2.05) is 5.38 Å². The molecule has 128 valence electrons. The molecule has 1 saturated heterocycles. The van der Waals surface area contributed by atoms with Crippen molar-refractivity contribution in [3.8, 4) is 0 Å². The van der Waals surface area contributed by atoms with Gasteiger partial charge in [0.2, 0.25) is 5.91 Å². The summed E-state index contributed by atoms with van der Waals surface area (Å²) in [5.41, 5.74) is 2.81. The van der Waals surface area contributed by atoms with Gasteiger partial charge in [-0.2, -0.15) is 0 Å². The van der Waals surface area contributed by atoms with E-state index in [4.69, 9.17) is 0 Å². The molecule has 2 heterocycles. The van der Waals surface area contributed by atoms with E-state index in [0.29, 0.717) is 25.6 Å². The minimum Gasteiger partial charge on any atom is -0.355 e. The normalized spacial score (nSPS) is 18.0. The Morgan fingerprint density at radius 3 is 2.96 bits per heavy atom. The molecule has 23 heavy (non-hydrogen) atoms. The number of urea groups is 1. The molecule has 0 aromatic carbocycles. The lowest BCUT2D eigenvalue weighted by atomic mass is 9.97. The smallest absolute Gasteiger partial charge is 0.317 e. The SMILES string of the molecule is CC(C)CNC(=O)N1CCC[C@@H](C(=O)NCCc2cscn2)C1. The number of amides is 3. The third-order valence-electron chi connectivity index (χ3n) is 3.90. The van der Waals surface area contributed by atoms with Crippen molar-refractivity contribution in [2.75, 3.05) is 26.2 Å². The van der Waals surface area contributed by atoms with E-state index in [1.54, 1.807) is 21.7 Å². The second-order valence-electron chi connectivity index (χ2n) is 6.39. The van der Waals surface area contributed by atoms with Crippen LogP contribution in [0.1, 0.15) is 32.4 Å². The van der Waals surface area contributed by atoms with Gasteiger partial charge < -0.3 is 15.5 Å². The van der Waals surface area contributed by atoms with Crippen molar-refractivity contribution in [1.82, 2.24) is 20.5 Å². The van der Waals surface area contributed by atoms with Gasteiger partial charge in [-0.1, -0.05) is 13.8 Å². The maximum Gasteiger partial charge on any atom is 0.317 e. The zero-order chi connectivity index (χ0) is 16.7. The van der Waals surface area contributed by atoms with Gasteiger partial charge in [-0.3, -0.25) is 4.79 Å². The molecule has 1 aliphatic rings. The van der Waals surface area contributed by atoms with Crippen molar-refractivity contribution in [2.45, 2.75) is 33.1 Å². The average Bonchev–Trinajstić information content (AvgIpc) is 3.06. The van der Waals surface area contributed by atoms with Crippen LogP contribution in [0.4, 0.5) is 4.79 Å². The first-order valence-corrected chi connectivity index (χ1v) is 9.18. The van der Waals surface area contributed by atoms with Crippen LogP contribution in [0.25, 0.3) is 0 Å². The molecule has 2 N–H and O–H groups in total. The molecule has 2 rings (SSSR count).